The molecule has 2 N–H and O–H groups in total. The number of phenols is 1. The Hall–Kier alpha value is -2.68. The van der Waals surface area contributed by atoms with Crippen LogP contribution in [-0.4, -0.2) is 22.3 Å². The van der Waals surface area contributed by atoms with Gasteiger partial charge in [0, 0.05) is 10.9 Å². The molecule has 0 aliphatic heterocycles. The summed E-state index contributed by atoms with van der Waals surface area (Å²) < 4.78 is 6.53. The number of aromatic nitrogens is 1. The van der Waals surface area contributed by atoms with Crippen molar-refractivity contribution >= 4 is 41.1 Å². The van der Waals surface area contributed by atoms with Crippen LogP contribution < -0.4 is 15.7 Å². The largest absolute Gasteiger partial charge is 0.504 e. The fraction of sp³-hybridized carbons (Fsp3) is 0.105. The van der Waals surface area contributed by atoms with E-state index in [1.54, 1.807) is 43.3 Å². The number of halogens is 1. The van der Waals surface area contributed by atoms with Crippen LogP contribution in [0.15, 0.2) is 53.3 Å². The van der Waals surface area contributed by atoms with E-state index in [1.165, 1.54) is 12.1 Å². The standard InChI is InChI=1S/C19H15ClN2O4S2/c1-2-26-15-9-11(7-8-14(15)23)16-10-17(24)22(19(27)28-16)21-18(25)12-5-3-4-6-13(12)20/h3-10,23H,2H2,1H3,(H,21,25). The highest BCUT2D eigenvalue weighted by atomic mass is 35.5. The SMILES string of the molecule is CCOc1cc(-c2cc(=O)n(NC(=O)c3ccccc3Cl)c(=S)s2)ccc1O. The second kappa shape index (κ2) is 8.55. The minimum Gasteiger partial charge on any atom is -0.504 e. The number of nitrogens with one attached hydrogen (secondary N) is 1. The zero-order chi connectivity index (χ0) is 20.3. The van der Waals surface area contributed by atoms with Crippen molar-refractivity contribution in [2.45, 2.75) is 6.92 Å². The molecule has 6 nitrogen and oxygen atoms in total. The summed E-state index contributed by atoms with van der Waals surface area (Å²) in [6.07, 6.45) is 0. The quantitative estimate of drug-likeness (QED) is 0.580. The first-order valence-electron chi connectivity index (χ1n) is 8.20. The van der Waals surface area contributed by atoms with Crippen molar-refractivity contribution in [2.75, 3.05) is 12.0 Å². The van der Waals surface area contributed by atoms with Crippen LogP contribution >= 0.6 is 35.2 Å². The van der Waals surface area contributed by atoms with Gasteiger partial charge in [0.15, 0.2) is 15.5 Å². The topological polar surface area (TPSA) is 80.6 Å². The molecule has 0 aliphatic carbocycles. The molecule has 0 aliphatic rings. The lowest BCUT2D eigenvalue weighted by molar-refractivity contribution is 0.101. The van der Waals surface area contributed by atoms with Crippen molar-refractivity contribution in [3.63, 3.8) is 0 Å². The lowest BCUT2D eigenvalue weighted by Crippen LogP contribution is -2.33. The first-order valence-corrected chi connectivity index (χ1v) is 9.80. The average molecular weight is 435 g/mol. The number of phenolic OH excluding ortho intramolecular Hbond substituents is 1. The number of rotatable bonds is 5. The molecule has 0 spiro atoms. The molecule has 0 fully saturated rings. The number of ether oxygens (including phenoxy) is 1. The van der Waals surface area contributed by atoms with E-state index in [-0.39, 0.29) is 20.3 Å². The minimum atomic E-state index is -0.540. The molecular weight excluding hydrogens is 420 g/mol. The van der Waals surface area contributed by atoms with Crippen molar-refractivity contribution in [3.8, 4) is 21.9 Å². The molecule has 1 heterocycles. The molecular formula is C19H15ClN2O4S2. The third kappa shape index (κ3) is 4.24. The monoisotopic (exact) mass is 434 g/mol. The molecule has 0 radical (unpaired) electrons. The predicted octanol–water partition coefficient (Wildman–Crippen LogP) is 4.45. The Kier molecular flexibility index (Phi) is 6.13. The Bertz CT molecular complexity index is 1130. The summed E-state index contributed by atoms with van der Waals surface area (Å²) in [6, 6.07) is 12.6. The highest BCUT2D eigenvalue weighted by Gasteiger charge is 2.13. The smallest absolute Gasteiger partial charge is 0.272 e. The number of hydrogen-bond donors (Lipinski definition) is 2. The van der Waals surface area contributed by atoms with Crippen molar-refractivity contribution < 1.29 is 14.6 Å². The third-order valence-corrected chi connectivity index (χ3v) is 5.42. The van der Waals surface area contributed by atoms with E-state index in [1.807, 2.05) is 0 Å². The zero-order valence-corrected chi connectivity index (χ0v) is 17.0. The molecule has 1 aromatic heterocycles. The Morgan fingerprint density at radius 2 is 2.04 bits per heavy atom. The van der Waals surface area contributed by atoms with Gasteiger partial charge < -0.3 is 9.84 Å². The number of carbonyl (C=O) groups excluding carboxylic acids is 1. The van der Waals surface area contributed by atoms with Gasteiger partial charge in [0.1, 0.15) is 0 Å². The first-order chi connectivity index (χ1) is 13.4. The van der Waals surface area contributed by atoms with E-state index in [0.717, 1.165) is 16.0 Å². The molecule has 1 amide bonds. The molecule has 0 atom stereocenters. The van der Waals surface area contributed by atoms with E-state index < -0.39 is 11.5 Å². The van der Waals surface area contributed by atoms with Crippen molar-refractivity contribution in [1.82, 2.24) is 4.68 Å². The number of hydrogen-bond acceptors (Lipinski definition) is 6. The second-order valence-electron chi connectivity index (χ2n) is 5.59. The number of amides is 1. The molecule has 2 aromatic carbocycles. The molecule has 3 aromatic rings. The van der Waals surface area contributed by atoms with Gasteiger partial charge in [-0.3, -0.25) is 15.0 Å². The Morgan fingerprint density at radius 1 is 1.29 bits per heavy atom. The van der Waals surface area contributed by atoms with Crippen molar-refractivity contribution in [3.05, 3.63) is 73.4 Å². The number of nitrogens with zero attached hydrogens (tertiary/aromatic N) is 1. The summed E-state index contributed by atoms with van der Waals surface area (Å²) in [6.45, 7) is 2.20. The molecule has 28 heavy (non-hydrogen) atoms. The van der Waals surface area contributed by atoms with Gasteiger partial charge in [0.25, 0.3) is 11.5 Å². The van der Waals surface area contributed by atoms with E-state index in [9.17, 15) is 14.7 Å². The van der Waals surface area contributed by atoms with E-state index in [4.69, 9.17) is 28.6 Å². The van der Waals surface area contributed by atoms with Crippen LogP contribution in [0.1, 0.15) is 17.3 Å². The summed E-state index contributed by atoms with van der Waals surface area (Å²) in [5, 5.41) is 10.1. The minimum absolute atomic E-state index is 0.00884. The third-order valence-electron chi connectivity index (χ3n) is 3.73. The fourth-order valence-electron chi connectivity index (χ4n) is 2.42. The Morgan fingerprint density at radius 3 is 2.71 bits per heavy atom. The maximum absolute atomic E-state index is 12.5. The molecule has 0 bridgehead atoms. The van der Waals surface area contributed by atoms with Gasteiger partial charge in [-0.25, -0.2) is 0 Å². The highest BCUT2D eigenvalue weighted by Crippen LogP contribution is 2.33. The molecule has 3 rings (SSSR count). The van der Waals surface area contributed by atoms with Gasteiger partial charge in [-0.15, -0.1) is 11.3 Å². The van der Waals surface area contributed by atoms with E-state index in [2.05, 4.69) is 5.43 Å². The van der Waals surface area contributed by atoms with Crippen LogP contribution in [0.3, 0.4) is 0 Å². The number of carbonyl (C=O) groups is 1. The molecule has 0 saturated heterocycles. The van der Waals surface area contributed by atoms with Gasteiger partial charge in [-0.2, -0.15) is 4.68 Å². The van der Waals surface area contributed by atoms with Crippen LogP contribution in [0.2, 0.25) is 5.02 Å². The van der Waals surface area contributed by atoms with Gasteiger partial charge in [-0.05, 0) is 55.0 Å². The molecule has 0 saturated carbocycles. The molecule has 144 valence electrons. The van der Waals surface area contributed by atoms with E-state index in [0.29, 0.717) is 22.8 Å². The van der Waals surface area contributed by atoms with Gasteiger partial charge >= 0.3 is 0 Å². The van der Waals surface area contributed by atoms with Gasteiger partial charge in [-0.1, -0.05) is 23.7 Å². The maximum atomic E-state index is 12.5. The summed E-state index contributed by atoms with van der Waals surface area (Å²) in [5.74, 6) is -0.217. The van der Waals surface area contributed by atoms with Crippen LogP contribution in [0.25, 0.3) is 10.4 Å². The summed E-state index contributed by atoms with van der Waals surface area (Å²) in [4.78, 5) is 25.5. The second-order valence-corrected chi connectivity index (χ2v) is 7.67. The van der Waals surface area contributed by atoms with Crippen molar-refractivity contribution in [1.29, 1.82) is 0 Å². The summed E-state index contributed by atoms with van der Waals surface area (Å²) in [5.41, 5.74) is 2.88. The molecule has 9 heteroatoms. The van der Waals surface area contributed by atoms with Crippen LogP contribution in [0.5, 0.6) is 11.5 Å². The normalized spacial score (nSPS) is 10.5. The summed E-state index contributed by atoms with van der Waals surface area (Å²) in [7, 11) is 0. The zero-order valence-electron chi connectivity index (χ0n) is 14.6. The molecule has 0 unspecified atom stereocenters. The lowest BCUT2D eigenvalue weighted by atomic mass is 10.1. The van der Waals surface area contributed by atoms with E-state index >= 15 is 0 Å². The number of benzene rings is 2. The number of aromatic hydroxyl groups is 1. The Balaban J connectivity index is 1.95. The van der Waals surface area contributed by atoms with Gasteiger partial charge in [0.05, 0.1) is 17.2 Å². The predicted molar refractivity (Wildman–Crippen MR) is 113 cm³/mol. The highest BCUT2D eigenvalue weighted by molar-refractivity contribution is 7.73. The Labute approximate surface area is 174 Å². The first kappa shape index (κ1) is 20.1. The maximum Gasteiger partial charge on any atom is 0.272 e. The summed E-state index contributed by atoms with van der Waals surface area (Å²) >= 11 is 12.4. The van der Waals surface area contributed by atoms with Crippen LogP contribution in [-0.2, 0) is 0 Å². The van der Waals surface area contributed by atoms with Crippen LogP contribution in [0.4, 0.5) is 0 Å². The lowest BCUT2D eigenvalue weighted by Gasteiger charge is -2.11. The van der Waals surface area contributed by atoms with Crippen molar-refractivity contribution in [2.24, 2.45) is 0 Å². The van der Waals surface area contributed by atoms with Crippen LogP contribution in [0, 0.1) is 3.95 Å². The average Bonchev–Trinajstić information content (AvgIpc) is 2.66. The fourth-order valence-corrected chi connectivity index (χ4v) is 3.87. The van der Waals surface area contributed by atoms with Gasteiger partial charge in [0.2, 0.25) is 0 Å².